The molecule has 17 heavy (non-hydrogen) atoms. The maximum atomic E-state index is 13.7. The lowest BCUT2D eigenvalue weighted by atomic mass is 10.1. The van der Waals surface area contributed by atoms with E-state index in [9.17, 15) is 4.39 Å². The number of hydrogen-bond donors (Lipinski definition) is 1. The zero-order chi connectivity index (χ0) is 12.3. The minimum absolute atomic E-state index is 0.110. The monoisotopic (exact) mass is 300 g/mol. The number of benzene rings is 1. The van der Waals surface area contributed by atoms with Crippen molar-refractivity contribution in [3.63, 3.8) is 0 Å². The molecule has 0 amide bonds. The summed E-state index contributed by atoms with van der Waals surface area (Å²) in [6.07, 6.45) is 1.10. The van der Waals surface area contributed by atoms with Gasteiger partial charge < -0.3 is 5.32 Å². The largest absolute Gasteiger partial charge is 0.314 e. The van der Waals surface area contributed by atoms with Crippen LogP contribution in [0.1, 0.15) is 18.9 Å². The molecular weight excluding hydrogens is 283 g/mol. The van der Waals surface area contributed by atoms with Crippen LogP contribution < -0.4 is 5.32 Å². The molecule has 4 heteroatoms. The van der Waals surface area contributed by atoms with Gasteiger partial charge in [0, 0.05) is 35.7 Å². The molecule has 1 heterocycles. The highest BCUT2D eigenvalue weighted by Crippen LogP contribution is 2.19. The van der Waals surface area contributed by atoms with Gasteiger partial charge in [0.2, 0.25) is 0 Å². The Balaban J connectivity index is 2.07. The topological polar surface area (TPSA) is 15.3 Å². The fraction of sp³-hybridized carbons (Fsp3) is 0.538. The molecule has 2 nitrogen and oxygen atoms in total. The van der Waals surface area contributed by atoms with E-state index >= 15 is 0 Å². The third-order valence-electron chi connectivity index (χ3n) is 3.17. The molecule has 0 unspecified atom stereocenters. The molecule has 0 saturated carbocycles. The summed E-state index contributed by atoms with van der Waals surface area (Å²) in [4.78, 5) is 2.36. The second kappa shape index (κ2) is 5.94. The van der Waals surface area contributed by atoms with Crippen LogP contribution in [0.5, 0.6) is 0 Å². The van der Waals surface area contributed by atoms with Gasteiger partial charge in [0.1, 0.15) is 5.82 Å². The SMILES string of the molecule is CCCN(Cc1cc(Br)ccc1F)C1CNC1. The minimum Gasteiger partial charge on any atom is -0.314 e. The normalized spacial score (nSPS) is 16.2. The molecule has 0 aliphatic carbocycles. The Morgan fingerprint density at radius 3 is 2.82 bits per heavy atom. The molecule has 0 spiro atoms. The fourth-order valence-electron chi connectivity index (χ4n) is 2.09. The average molecular weight is 301 g/mol. The molecule has 1 aromatic rings. The molecule has 1 aliphatic rings. The summed E-state index contributed by atoms with van der Waals surface area (Å²) in [5, 5.41) is 3.27. The molecule has 1 N–H and O–H groups in total. The Morgan fingerprint density at radius 1 is 1.47 bits per heavy atom. The van der Waals surface area contributed by atoms with Crippen molar-refractivity contribution in [3.05, 3.63) is 34.1 Å². The van der Waals surface area contributed by atoms with Crippen molar-refractivity contribution in [2.75, 3.05) is 19.6 Å². The summed E-state index contributed by atoms with van der Waals surface area (Å²) in [6.45, 7) is 5.94. The summed E-state index contributed by atoms with van der Waals surface area (Å²) in [5.41, 5.74) is 0.778. The Morgan fingerprint density at radius 2 is 2.24 bits per heavy atom. The number of rotatable bonds is 5. The number of halogens is 2. The van der Waals surface area contributed by atoms with Crippen LogP contribution >= 0.6 is 15.9 Å². The Hall–Kier alpha value is -0.450. The first-order valence-electron chi connectivity index (χ1n) is 6.09. The third kappa shape index (κ3) is 3.27. The molecule has 1 fully saturated rings. The standard InChI is InChI=1S/C13H18BrFN2/c1-2-5-17(12-7-16-8-12)9-10-6-11(14)3-4-13(10)15/h3-4,6,12,16H,2,5,7-9H2,1H3. The van der Waals surface area contributed by atoms with E-state index in [0.717, 1.165) is 36.1 Å². The van der Waals surface area contributed by atoms with Crippen molar-refractivity contribution in [3.8, 4) is 0 Å². The average Bonchev–Trinajstić information content (AvgIpc) is 2.21. The molecule has 0 atom stereocenters. The molecule has 1 aliphatic heterocycles. The Bertz CT molecular complexity index is 380. The maximum absolute atomic E-state index is 13.7. The van der Waals surface area contributed by atoms with E-state index in [1.54, 1.807) is 6.07 Å². The Labute approximate surface area is 110 Å². The summed E-state index contributed by atoms with van der Waals surface area (Å²) in [5.74, 6) is -0.110. The van der Waals surface area contributed by atoms with Crippen LogP contribution in [0.25, 0.3) is 0 Å². The third-order valence-corrected chi connectivity index (χ3v) is 3.66. The van der Waals surface area contributed by atoms with Crippen molar-refractivity contribution in [1.82, 2.24) is 10.2 Å². The van der Waals surface area contributed by atoms with Crippen molar-refractivity contribution in [2.24, 2.45) is 0 Å². The molecule has 0 aromatic heterocycles. The fourth-order valence-corrected chi connectivity index (χ4v) is 2.50. The van der Waals surface area contributed by atoms with E-state index in [1.165, 1.54) is 6.07 Å². The van der Waals surface area contributed by atoms with Gasteiger partial charge >= 0.3 is 0 Å². The lowest BCUT2D eigenvalue weighted by Crippen LogP contribution is -2.57. The molecule has 2 rings (SSSR count). The van der Waals surface area contributed by atoms with E-state index < -0.39 is 0 Å². The van der Waals surface area contributed by atoms with E-state index in [0.29, 0.717) is 12.6 Å². The van der Waals surface area contributed by atoms with E-state index in [-0.39, 0.29) is 5.82 Å². The van der Waals surface area contributed by atoms with Gasteiger partial charge in [-0.1, -0.05) is 22.9 Å². The van der Waals surface area contributed by atoms with Crippen LogP contribution in [0.15, 0.2) is 22.7 Å². The number of nitrogens with zero attached hydrogens (tertiary/aromatic N) is 1. The van der Waals surface area contributed by atoms with Gasteiger partial charge in [-0.2, -0.15) is 0 Å². The van der Waals surface area contributed by atoms with Crippen LogP contribution in [-0.4, -0.2) is 30.6 Å². The predicted molar refractivity (Wildman–Crippen MR) is 71.5 cm³/mol. The van der Waals surface area contributed by atoms with Gasteiger partial charge in [0.25, 0.3) is 0 Å². The number of hydrogen-bond acceptors (Lipinski definition) is 2. The van der Waals surface area contributed by atoms with Crippen LogP contribution in [-0.2, 0) is 6.54 Å². The highest BCUT2D eigenvalue weighted by molar-refractivity contribution is 9.10. The summed E-state index contributed by atoms with van der Waals surface area (Å²) in [6, 6.07) is 5.72. The van der Waals surface area contributed by atoms with Gasteiger partial charge in [0.05, 0.1) is 0 Å². The second-order valence-electron chi connectivity index (χ2n) is 4.52. The number of nitrogens with one attached hydrogen (secondary N) is 1. The zero-order valence-corrected chi connectivity index (χ0v) is 11.6. The van der Waals surface area contributed by atoms with E-state index in [2.05, 4.69) is 33.1 Å². The first-order chi connectivity index (χ1) is 8.20. The van der Waals surface area contributed by atoms with Crippen LogP contribution in [0.4, 0.5) is 4.39 Å². The van der Waals surface area contributed by atoms with Crippen molar-refractivity contribution < 1.29 is 4.39 Å². The van der Waals surface area contributed by atoms with Crippen LogP contribution in [0.2, 0.25) is 0 Å². The van der Waals surface area contributed by atoms with Gasteiger partial charge in [-0.15, -0.1) is 0 Å². The lowest BCUT2D eigenvalue weighted by Gasteiger charge is -2.38. The first kappa shape index (κ1) is 13.0. The van der Waals surface area contributed by atoms with Gasteiger partial charge in [-0.3, -0.25) is 4.90 Å². The lowest BCUT2D eigenvalue weighted by molar-refractivity contribution is 0.136. The van der Waals surface area contributed by atoms with Crippen molar-refractivity contribution in [2.45, 2.75) is 25.9 Å². The molecule has 1 saturated heterocycles. The van der Waals surface area contributed by atoms with Gasteiger partial charge in [0.15, 0.2) is 0 Å². The van der Waals surface area contributed by atoms with Crippen LogP contribution in [0, 0.1) is 5.82 Å². The first-order valence-corrected chi connectivity index (χ1v) is 6.88. The van der Waals surface area contributed by atoms with E-state index in [4.69, 9.17) is 0 Å². The maximum Gasteiger partial charge on any atom is 0.127 e. The quantitative estimate of drug-likeness (QED) is 0.899. The van der Waals surface area contributed by atoms with Crippen molar-refractivity contribution in [1.29, 1.82) is 0 Å². The zero-order valence-electron chi connectivity index (χ0n) is 10.0. The molecule has 0 bridgehead atoms. The second-order valence-corrected chi connectivity index (χ2v) is 5.43. The smallest absolute Gasteiger partial charge is 0.127 e. The molecular formula is C13H18BrFN2. The van der Waals surface area contributed by atoms with E-state index in [1.807, 2.05) is 6.07 Å². The highest BCUT2D eigenvalue weighted by Gasteiger charge is 2.24. The highest BCUT2D eigenvalue weighted by atomic mass is 79.9. The van der Waals surface area contributed by atoms with Crippen LogP contribution in [0.3, 0.4) is 0 Å². The van der Waals surface area contributed by atoms with Gasteiger partial charge in [-0.25, -0.2) is 4.39 Å². The van der Waals surface area contributed by atoms with Crippen molar-refractivity contribution >= 4 is 15.9 Å². The Kier molecular flexibility index (Phi) is 4.54. The predicted octanol–water partition coefficient (Wildman–Crippen LogP) is 2.77. The minimum atomic E-state index is -0.110. The summed E-state index contributed by atoms with van der Waals surface area (Å²) >= 11 is 3.40. The van der Waals surface area contributed by atoms with Gasteiger partial charge in [-0.05, 0) is 31.2 Å². The molecule has 1 aromatic carbocycles. The summed E-state index contributed by atoms with van der Waals surface area (Å²) in [7, 11) is 0. The summed E-state index contributed by atoms with van der Waals surface area (Å²) < 4.78 is 14.6. The molecule has 94 valence electrons. The molecule has 0 radical (unpaired) electrons.